The lowest BCUT2D eigenvalue weighted by atomic mass is 9.83. The molecule has 3 amide bonds. The summed E-state index contributed by atoms with van der Waals surface area (Å²) in [7, 11) is 0. The molecule has 1 atom stereocenters. The fraction of sp³-hybridized carbons (Fsp3) is 0.442. The fourth-order valence-electron chi connectivity index (χ4n) is 8.88. The Morgan fingerprint density at radius 3 is 2.34 bits per heavy atom. The largest absolute Gasteiger partial charge is 0.374 e. The van der Waals surface area contributed by atoms with E-state index < -0.39 is 6.04 Å². The smallest absolute Gasteiger partial charge is 0.255 e. The molecular weight excluding hydrogens is 761 g/mol. The summed E-state index contributed by atoms with van der Waals surface area (Å²) < 4.78 is 16.8. The number of piperazine rings is 1. The van der Waals surface area contributed by atoms with Crippen molar-refractivity contribution >= 4 is 46.6 Å². The molecule has 15 heteroatoms. The molecule has 0 radical (unpaired) electrons. The van der Waals surface area contributed by atoms with Crippen LogP contribution in [-0.4, -0.2) is 87.5 Å². The first-order chi connectivity index (χ1) is 28.2. The number of carbonyl (C=O) groups excluding carboxylic acids is 3. The summed E-state index contributed by atoms with van der Waals surface area (Å²) in [5.41, 5.74) is 3.03. The van der Waals surface area contributed by atoms with Crippen molar-refractivity contribution in [1.29, 1.82) is 0 Å². The summed E-state index contributed by atoms with van der Waals surface area (Å²) >= 11 is 6.55. The van der Waals surface area contributed by atoms with Gasteiger partial charge in [-0.2, -0.15) is 0 Å². The second-order valence-corrected chi connectivity index (χ2v) is 16.3. The summed E-state index contributed by atoms with van der Waals surface area (Å²) in [6, 6.07) is 17.7. The molecule has 4 fully saturated rings. The SMILES string of the molecule is O=C1CCC(Nc2ccc(N3CCN(C4CCC(C(=O)NC5CCC(Nc6ncc(Cl)c(-c7cccc(-n8ccccc8=O)c7)n6)CC5)CC4)CC3)c(F)c2)C(=O)N1. The standard InChI is InChI=1S/C43H49ClFN9O4/c44-34-26-46-43(51-40(34)28-4-3-5-33(24-28)54-19-2-1-6-39(54)56)49-30-11-9-29(10-12-30)48-41(57)27-7-14-32(15-8-27)52-20-22-53(23-21-52)37-17-13-31(25-35(37)45)47-36-16-18-38(55)50-42(36)58/h1-6,13,17,19,24-27,29-30,32,36,47H,7-12,14-16,18,20-23H2,(H,48,57)(H,46,49,51)(H,50,55,58). The second-order valence-electron chi connectivity index (χ2n) is 15.9. The summed E-state index contributed by atoms with van der Waals surface area (Å²) in [6.07, 6.45) is 11.2. The van der Waals surface area contributed by atoms with Gasteiger partial charge in [-0.3, -0.25) is 34.0 Å². The van der Waals surface area contributed by atoms with Crippen molar-refractivity contribution in [3.05, 3.63) is 94.3 Å². The average Bonchev–Trinajstić information content (AvgIpc) is 3.24. The predicted molar refractivity (Wildman–Crippen MR) is 222 cm³/mol. The molecule has 0 bridgehead atoms. The van der Waals surface area contributed by atoms with Gasteiger partial charge in [-0.05, 0) is 94.2 Å². The molecule has 13 nitrogen and oxygen atoms in total. The maximum Gasteiger partial charge on any atom is 0.255 e. The van der Waals surface area contributed by atoms with E-state index in [0.717, 1.165) is 75.7 Å². The van der Waals surface area contributed by atoms with Crippen LogP contribution in [0.1, 0.15) is 64.2 Å². The highest BCUT2D eigenvalue weighted by molar-refractivity contribution is 6.32. The van der Waals surface area contributed by atoms with Gasteiger partial charge in [-0.25, -0.2) is 14.4 Å². The number of imide groups is 1. The van der Waals surface area contributed by atoms with E-state index in [4.69, 9.17) is 16.6 Å². The van der Waals surface area contributed by atoms with Crippen LogP contribution >= 0.6 is 11.6 Å². The highest BCUT2D eigenvalue weighted by Gasteiger charge is 2.33. The van der Waals surface area contributed by atoms with Crippen molar-refractivity contribution in [2.75, 3.05) is 41.7 Å². The lowest BCUT2D eigenvalue weighted by molar-refractivity contribution is -0.133. The lowest BCUT2D eigenvalue weighted by Crippen LogP contribution is -2.52. The third-order valence-electron chi connectivity index (χ3n) is 12.1. The Labute approximate surface area is 341 Å². The first-order valence-corrected chi connectivity index (χ1v) is 20.8. The van der Waals surface area contributed by atoms with E-state index in [9.17, 15) is 19.2 Å². The topological polar surface area (TPSA) is 154 Å². The monoisotopic (exact) mass is 809 g/mol. The first-order valence-electron chi connectivity index (χ1n) is 20.4. The van der Waals surface area contributed by atoms with E-state index in [1.54, 1.807) is 35.2 Å². The molecule has 2 aromatic carbocycles. The van der Waals surface area contributed by atoms with Gasteiger partial charge in [-0.15, -0.1) is 0 Å². The van der Waals surface area contributed by atoms with Crippen LogP contribution in [0.4, 0.5) is 21.7 Å². The fourth-order valence-corrected chi connectivity index (χ4v) is 9.08. The molecule has 2 saturated carbocycles. The molecule has 4 aromatic rings. The van der Waals surface area contributed by atoms with Crippen molar-refractivity contribution in [1.82, 2.24) is 30.1 Å². The lowest BCUT2D eigenvalue weighted by Gasteiger charge is -2.42. The molecule has 4 N–H and O–H groups in total. The Bertz CT molecular complexity index is 2200. The molecule has 8 rings (SSSR count). The zero-order valence-corrected chi connectivity index (χ0v) is 33.1. The van der Waals surface area contributed by atoms with Gasteiger partial charge >= 0.3 is 0 Å². The van der Waals surface area contributed by atoms with Gasteiger partial charge in [0.2, 0.25) is 23.7 Å². The van der Waals surface area contributed by atoms with Crippen LogP contribution in [0.15, 0.2) is 77.9 Å². The Kier molecular flexibility index (Phi) is 12.0. The molecule has 58 heavy (non-hydrogen) atoms. The molecule has 2 aliphatic heterocycles. The zero-order valence-electron chi connectivity index (χ0n) is 32.3. The summed E-state index contributed by atoms with van der Waals surface area (Å²) in [5.74, 6) is -0.324. The van der Waals surface area contributed by atoms with Gasteiger partial charge in [0, 0.05) is 85.8 Å². The molecule has 2 aliphatic carbocycles. The highest BCUT2D eigenvalue weighted by atomic mass is 35.5. The number of hydrogen-bond acceptors (Lipinski definition) is 10. The number of anilines is 3. The summed E-state index contributed by atoms with van der Waals surface area (Å²) in [5, 5.41) is 12.6. The van der Waals surface area contributed by atoms with E-state index in [1.165, 1.54) is 12.1 Å². The number of carbonyl (C=O) groups is 3. The third kappa shape index (κ3) is 9.18. The van der Waals surface area contributed by atoms with E-state index in [2.05, 4.69) is 36.1 Å². The Morgan fingerprint density at radius 2 is 1.60 bits per heavy atom. The van der Waals surface area contributed by atoms with E-state index in [1.807, 2.05) is 30.3 Å². The van der Waals surface area contributed by atoms with Gasteiger partial charge in [0.1, 0.15) is 11.9 Å². The predicted octanol–water partition coefficient (Wildman–Crippen LogP) is 5.52. The number of hydrogen-bond donors (Lipinski definition) is 4. The maximum absolute atomic E-state index is 15.2. The van der Waals surface area contributed by atoms with Crippen molar-refractivity contribution in [2.24, 2.45) is 5.92 Å². The van der Waals surface area contributed by atoms with Gasteiger partial charge < -0.3 is 20.9 Å². The third-order valence-corrected chi connectivity index (χ3v) is 12.4. The van der Waals surface area contributed by atoms with Crippen LogP contribution in [0.5, 0.6) is 0 Å². The van der Waals surface area contributed by atoms with Crippen LogP contribution in [0.25, 0.3) is 16.9 Å². The summed E-state index contributed by atoms with van der Waals surface area (Å²) in [6.45, 7) is 3.10. The van der Waals surface area contributed by atoms with Gasteiger partial charge in [-0.1, -0.05) is 29.8 Å². The van der Waals surface area contributed by atoms with Crippen LogP contribution < -0.4 is 31.7 Å². The highest BCUT2D eigenvalue weighted by Crippen LogP contribution is 2.32. The van der Waals surface area contributed by atoms with E-state index in [0.29, 0.717) is 53.6 Å². The number of rotatable bonds is 10. The molecular formula is C43H49ClFN9O4. The summed E-state index contributed by atoms with van der Waals surface area (Å²) in [4.78, 5) is 63.1. The first kappa shape index (κ1) is 39.5. The average molecular weight is 810 g/mol. The number of piperidine rings is 1. The molecule has 2 saturated heterocycles. The number of amides is 3. The molecule has 0 spiro atoms. The van der Waals surface area contributed by atoms with Crippen molar-refractivity contribution in [3.8, 4) is 16.9 Å². The van der Waals surface area contributed by atoms with Crippen LogP contribution in [0, 0.1) is 11.7 Å². The zero-order chi connectivity index (χ0) is 40.2. The molecule has 1 unspecified atom stereocenters. The number of nitrogens with zero attached hydrogens (tertiary/aromatic N) is 5. The van der Waals surface area contributed by atoms with E-state index >= 15 is 4.39 Å². The number of halogens is 2. The minimum absolute atomic E-state index is 0.0229. The van der Waals surface area contributed by atoms with Crippen molar-refractivity contribution in [3.63, 3.8) is 0 Å². The van der Waals surface area contributed by atoms with Crippen LogP contribution in [0.2, 0.25) is 5.02 Å². The van der Waals surface area contributed by atoms with Gasteiger partial charge in [0.15, 0.2) is 0 Å². The normalized spacial score (nSPS) is 24.2. The van der Waals surface area contributed by atoms with Crippen molar-refractivity contribution in [2.45, 2.75) is 88.4 Å². The van der Waals surface area contributed by atoms with E-state index in [-0.39, 0.29) is 53.5 Å². The van der Waals surface area contributed by atoms with Crippen LogP contribution in [-0.2, 0) is 14.4 Å². The minimum Gasteiger partial charge on any atom is -0.374 e. The number of benzene rings is 2. The number of aromatic nitrogens is 3. The van der Waals surface area contributed by atoms with Gasteiger partial charge in [0.05, 0.1) is 22.6 Å². The Morgan fingerprint density at radius 1 is 0.828 bits per heavy atom. The van der Waals surface area contributed by atoms with Crippen LogP contribution in [0.3, 0.4) is 0 Å². The number of nitrogens with one attached hydrogen (secondary N) is 4. The van der Waals surface area contributed by atoms with Crippen molar-refractivity contribution < 1.29 is 18.8 Å². The maximum atomic E-state index is 15.2. The quantitative estimate of drug-likeness (QED) is 0.151. The Balaban J connectivity index is 0.760. The Hall–Kier alpha value is -5.34. The van der Waals surface area contributed by atoms with Gasteiger partial charge in [0.25, 0.3) is 5.56 Å². The second kappa shape index (κ2) is 17.7. The molecule has 4 aliphatic rings. The molecule has 304 valence electrons. The molecule has 4 heterocycles. The number of pyridine rings is 1. The molecule has 2 aromatic heterocycles. The minimum atomic E-state index is -0.559.